The Morgan fingerprint density at radius 1 is 1.50 bits per heavy atom. The maximum absolute atomic E-state index is 11.9. The first-order valence-corrected chi connectivity index (χ1v) is 6.98. The highest BCUT2D eigenvalue weighted by Crippen LogP contribution is 2.45. The summed E-state index contributed by atoms with van der Waals surface area (Å²) in [6, 6.07) is -0.994. The van der Waals surface area contributed by atoms with Crippen molar-refractivity contribution in [1.29, 1.82) is 0 Å². The number of amides is 2. The Hall–Kier alpha value is -1.21. The molecule has 0 aromatic rings. The zero-order valence-electron chi connectivity index (χ0n) is 9.60. The molecule has 1 unspecified atom stereocenters. The smallest absolute Gasteiger partial charge is 0.351 e. The number of hydrogen-bond donors (Lipinski definition) is 4. The van der Waals surface area contributed by atoms with Crippen LogP contribution in [0.3, 0.4) is 0 Å². The molecule has 2 atom stereocenters. The van der Waals surface area contributed by atoms with Crippen molar-refractivity contribution >= 4 is 19.4 Å². The van der Waals surface area contributed by atoms with E-state index in [0.29, 0.717) is 0 Å². The lowest BCUT2D eigenvalue weighted by Gasteiger charge is -2.27. The molecule has 0 radical (unpaired) electrons. The monoisotopic (exact) mass is 277 g/mol. The molecule has 1 rings (SSSR count). The second-order valence-electron chi connectivity index (χ2n) is 4.03. The molecule has 18 heavy (non-hydrogen) atoms. The average Bonchev–Trinajstić information content (AvgIpc) is 2.72. The standard InChI is InChI=1S/C9H16N3O5P/c10-6(3-4-7(11)13)9(14)12-5-1-2-8(12)18(15,16)17/h1-2,6,8H,3-5,10H2,(H2,11,13)(H2,15,16,17)/t6-,8?/m0/s1. The minimum atomic E-state index is -4.43. The van der Waals surface area contributed by atoms with Gasteiger partial charge in [0, 0.05) is 13.0 Å². The van der Waals surface area contributed by atoms with Crippen molar-refractivity contribution < 1.29 is 23.9 Å². The first kappa shape index (κ1) is 14.8. The third-order valence-electron chi connectivity index (χ3n) is 2.58. The van der Waals surface area contributed by atoms with Gasteiger partial charge in [0.05, 0.1) is 6.04 Å². The van der Waals surface area contributed by atoms with Crippen LogP contribution in [0.2, 0.25) is 0 Å². The van der Waals surface area contributed by atoms with Crippen molar-refractivity contribution in [2.24, 2.45) is 11.5 Å². The lowest BCUT2D eigenvalue weighted by molar-refractivity contribution is -0.132. The summed E-state index contributed by atoms with van der Waals surface area (Å²) in [7, 11) is -4.43. The predicted octanol–water partition coefficient (Wildman–Crippen LogP) is -1.52. The van der Waals surface area contributed by atoms with Crippen LogP contribution < -0.4 is 11.5 Å². The highest BCUT2D eigenvalue weighted by molar-refractivity contribution is 7.52. The Morgan fingerprint density at radius 3 is 2.61 bits per heavy atom. The number of carbonyl (C=O) groups excluding carboxylic acids is 2. The molecule has 0 spiro atoms. The van der Waals surface area contributed by atoms with Crippen LogP contribution in [0.15, 0.2) is 12.2 Å². The van der Waals surface area contributed by atoms with E-state index < -0.39 is 31.2 Å². The summed E-state index contributed by atoms with van der Waals surface area (Å²) in [5, 5.41) is 0. The molecule has 0 saturated heterocycles. The third kappa shape index (κ3) is 3.64. The van der Waals surface area contributed by atoms with Gasteiger partial charge in [-0.15, -0.1) is 0 Å². The van der Waals surface area contributed by atoms with Crippen LogP contribution in [0.1, 0.15) is 12.8 Å². The quantitative estimate of drug-likeness (QED) is 0.354. The Morgan fingerprint density at radius 2 is 2.11 bits per heavy atom. The van der Waals surface area contributed by atoms with Crippen molar-refractivity contribution in [3.63, 3.8) is 0 Å². The number of nitrogens with two attached hydrogens (primary N) is 2. The summed E-state index contributed by atoms with van der Waals surface area (Å²) in [6.45, 7) is 0.0961. The molecule has 0 saturated carbocycles. The number of hydrogen-bond acceptors (Lipinski definition) is 4. The van der Waals surface area contributed by atoms with Crippen molar-refractivity contribution in [3.8, 4) is 0 Å². The first-order chi connectivity index (χ1) is 8.23. The van der Waals surface area contributed by atoms with Crippen molar-refractivity contribution in [2.75, 3.05) is 6.54 Å². The van der Waals surface area contributed by atoms with Crippen LogP contribution in [0.25, 0.3) is 0 Å². The lowest BCUT2D eigenvalue weighted by atomic mass is 10.1. The van der Waals surface area contributed by atoms with E-state index in [9.17, 15) is 14.2 Å². The van der Waals surface area contributed by atoms with E-state index in [1.54, 1.807) is 0 Å². The topological polar surface area (TPSA) is 147 Å². The van der Waals surface area contributed by atoms with Gasteiger partial charge >= 0.3 is 7.60 Å². The van der Waals surface area contributed by atoms with E-state index in [2.05, 4.69) is 0 Å². The molecular formula is C9H16N3O5P. The van der Waals surface area contributed by atoms with E-state index in [1.807, 2.05) is 0 Å². The van der Waals surface area contributed by atoms with Gasteiger partial charge < -0.3 is 26.2 Å². The maximum atomic E-state index is 11.9. The Balaban J connectivity index is 2.67. The SMILES string of the molecule is NC(=O)CC[C@H](N)C(=O)N1CC=CC1P(=O)(O)O. The molecule has 1 heterocycles. The number of carbonyl (C=O) groups is 2. The highest BCUT2D eigenvalue weighted by atomic mass is 31.2. The van der Waals surface area contributed by atoms with Crippen LogP contribution in [-0.4, -0.2) is 44.9 Å². The van der Waals surface area contributed by atoms with Gasteiger partial charge in [-0.2, -0.15) is 0 Å². The van der Waals surface area contributed by atoms with E-state index in [0.717, 1.165) is 4.90 Å². The van der Waals surface area contributed by atoms with Crippen LogP contribution in [0.4, 0.5) is 0 Å². The molecule has 0 aliphatic carbocycles. The molecular weight excluding hydrogens is 261 g/mol. The lowest BCUT2D eigenvalue weighted by Crippen LogP contribution is -2.46. The van der Waals surface area contributed by atoms with Gasteiger partial charge in [0.2, 0.25) is 11.8 Å². The molecule has 6 N–H and O–H groups in total. The molecule has 0 aromatic heterocycles. The van der Waals surface area contributed by atoms with Gasteiger partial charge in [-0.25, -0.2) is 0 Å². The third-order valence-corrected chi connectivity index (χ3v) is 3.72. The first-order valence-electron chi connectivity index (χ1n) is 5.29. The van der Waals surface area contributed by atoms with Crippen molar-refractivity contribution in [2.45, 2.75) is 24.7 Å². The number of primary amides is 1. The summed E-state index contributed by atoms with van der Waals surface area (Å²) >= 11 is 0. The fourth-order valence-corrected chi connectivity index (χ4v) is 2.57. The van der Waals surface area contributed by atoms with Crippen LogP contribution in [0.5, 0.6) is 0 Å². The molecule has 1 aliphatic heterocycles. The van der Waals surface area contributed by atoms with Gasteiger partial charge in [0.1, 0.15) is 0 Å². The number of nitrogens with zero attached hydrogens (tertiary/aromatic N) is 1. The Bertz CT molecular complexity index is 418. The molecule has 1 aliphatic rings. The van der Waals surface area contributed by atoms with E-state index >= 15 is 0 Å². The van der Waals surface area contributed by atoms with E-state index in [4.69, 9.17) is 21.3 Å². The minimum Gasteiger partial charge on any atom is -0.370 e. The van der Waals surface area contributed by atoms with Gasteiger partial charge in [0.25, 0.3) is 0 Å². The van der Waals surface area contributed by atoms with Crippen molar-refractivity contribution in [1.82, 2.24) is 4.90 Å². The summed E-state index contributed by atoms with van der Waals surface area (Å²) in [4.78, 5) is 41.6. The predicted molar refractivity (Wildman–Crippen MR) is 63.1 cm³/mol. The highest BCUT2D eigenvalue weighted by Gasteiger charge is 2.38. The van der Waals surface area contributed by atoms with Gasteiger partial charge in [-0.1, -0.05) is 12.2 Å². The molecule has 0 bridgehead atoms. The Kier molecular flexibility index (Phi) is 4.64. The van der Waals surface area contributed by atoms with Gasteiger partial charge in [-0.05, 0) is 6.42 Å². The summed E-state index contributed by atoms with van der Waals surface area (Å²) in [5.74, 6) is -2.46. The normalized spacial score (nSPS) is 21.1. The Labute approximate surface area is 104 Å². The summed E-state index contributed by atoms with van der Waals surface area (Å²) < 4.78 is 11.2. The second-order valence-corrected chi connectivity index (χ2v) is 5.74. The molecule has 0 fully saturated rings. The van der Waals surface area contributed by atoms with Crippen LogP contribution in [-0.2, 0) is 14.2 Å². The fourth-order valence-electron chi connectivity index (χ4n) is 1.66. The van der Waals surface area contributed by atoms with E-state index in [-0.39, 0.29) is 19.4 Å². The van der Waals surface area contributed by atoms with Gasteiger partial charge in [0.15, 0.2) is 5.78 Å². The van der Waals surface area contributed by atoms with Gasteiger partial charge in [-0.3, -0.25) is 14.2 Å². The van der Waals surface area contributed by atoms with Crippen LogP contribution in [0, 0.1) is 0 Å². The largest absolute Gasteiger partial charge is 0.370 e. The maximum Gasteiger partial charge on any atom is 0.351 e. The number of rotatable bonds is 5. The zero-order valence-corrected chi connectivity index (χ0v) is 10.5. The van der Waals surface area contributed by atoms with Crippen molar-refractivity contribution in [3.05, 3.63) is 12.2 Å². The van der Waals surface area contributed by atoms with E-state index in [1.165, 1.54) is 12.2 Å². The fraction of sp³-hybridized carbons (Fsp3) is 0.556. The molecule has 8 nitrogen and oxygen atoms in total. The second kappa shape index (κ2) is 5.62. The van der Waals surface area contributed by atoms with Crippen LogP contribution >= 0.6 is 7.60 Å². The summed E-state index contributed by atoms with van der Waals surface area (Å²) in [5.41, 5.74) is 10.5. The molecule has 2 amide bonds. The average molecular weight is 277 g/mol. The zero-order chi connectivity index (χ0) is 13.9. The molecule has 0 aromatic carbocycles. The molecule has 102 valence electrons. The molecule has 9 heteroatoms. The minimum absolute atomic E-state index is 0.0469. The summed E-state index contributed by atoms with van der Waals surface area (Å²) in [6.07, 6.45) is 2.77.